The van der Waals surface area contributed by atoms with E-state index in [4.69, 9.17) is 4.74 Å². The lowest BCUT2D eigenvalue weighted by Gasteiger charge is -2.43. The lowest BCUT2D eigenvalue weighted by Crippen LogP contribution is -2.46. The summed E-state index contributed by atoms with van der Waals surface area (Å²) in [6.45, 7) is 5.45. The van der Waals surface area contributed by atoms with Gasteiger partial charge in [0.1, 0.15) is 0 Å². The zero-order chi connectivity index (χ0) is 20.7. The Kier molecular flexibility index (Phi) is 5.38. The summed E-state index contributed by atoms with van der Waals surface area (Å²) in [5, 5.41) is 10.7. The average molecular weight is 400 g/mol. The zero-order valence-electron chi connectivity index (χ0n) is 16.4. The van der Waals surface area contributed by atoms with E-state index in [0.717, 1.165) is 6.92 Å². The highest BCUT2D eigenvalue weighted by molar-refractivity contribution is 5.99. The Hall–Kier alpha value is -1.83. The first kappa shape index (κ1) is 20.9. The second-order valence-corrected chi connectivity index (χ2v) is 8.40. The van der Waals surface area contributed by atoms with Crippen LogP contribution in [0.3, 0.4) is 0 Å². The Bertz CT molecular complexity index is 710. The highest BCUT2D eigenvalue weighted by Gasteiger charge is 2.52. The Morgan fingerprint density at radius 2 is 1.79 bits per heavy atom. The number of nitrogens with zero attached hydrogens (tertiary/aromatic N) is 2. The number of ether oxygens (including phenoxy) is 1. The maximum Gasteiger partial charge on any atom is 0.425 e. The molecule has 1 saturated carbocycles. The molecule has 1 aromatic rings. The number of carbonyl (C=O) groups is 1. The Morgan fingerprint density at radius 1 is 1.14 bits per heavy atom. The van der Waals surface area contributed by atoms with Gasteiger partial charge in [0.05, 0.1) is 22.9 Å². The smallest absolute Gasteiger partial charge is 0.425 e. The molecule has 3 rings (SSSR count). The van der Waals surface area contributed by atoms with Crippen LogP contribution >= 0.6 is 0 Å². The van der Waals surface area contributed by atoms with Gasteiger partial charge in [-0.1, -0.05) is 13.8 Å². The number of anilines is 1. The van der Waals surface area contributed by atoms with Gasteiger partial charge in [0.15, 0.2) is 6.10 Å². The Morgan fingerprint density at radius 3 is 2.29 bits per heavy atom. The van der Waals surface area contributed by atoms with E-state index in [0.29, 0.717) is 44.3 Å². The monoisotopic (exact) mass is 400 g/mol. The number of amides is 1. The standard InChI is InChI=1S/C20H27F3N2O3/c1-13(2)19(27)8-6-18(7-9-19)10-11-25(17(18)26)15-4-5-16(24-12-15)28-14(3)20(21,22)23/h4-5,12-14,27H,6-11H2,1-3H3/t14-,18?,19?/m1/s1. The molecule has 1 spiro atoms. The van der Waals surface area contributed by atoms with Gasteiger partial charge in [-0.15, -0.1) is 0 Å². The maximum absolute atomic E-state index is 13.1. The molecule has 1 saturated heterocycles. The molecule has 0 aromatic carbocycles. The number of aromatic nitrogens is 1. The van der Waals surface area contributed by atoms with E-state index in [-0.39, 0.29) is 17.7 Å². The maximum atomic E-state index is 13.1. The summed E-state index contributed by atoms with van der Waals surface area (Å²) in [7, 11) is 0. The van der Waals surface area contributed by atoms with Gasteiger partial charge >= 0.3 is 6.18 Å². The van der Waals surface area contributed by atoms with Crippen LogP contribution in [0.15, 0.2) is 18.3 Å². The lowest BCUT2D eigenvalue weighted by molar-refractivity contribution is -0.189. The number of pyridine rings is 1. The van der Waals surface area contributed by atoms with Crippen molar-refractivity contribution in [3.63, 3.8) is 0 Å². The van der Waals surface area contributed by atoms with Gasteiger partial charge in [0.2, 0.25) is 11.8 Å². The summed E-state index contributed by atoms with van der Waals surface area (Å²) in [6.07, 6.45) is -1.83. The third kappa shape index (κ3) is 3.83. The van der Waals surface area contributed by atoms with Crippen LogP contribution in [0.5, 0.6) is 5.88 Å². The van der Waals surface area contributed by atoms with E-state index < -0.39 is 23.3 Å². The van der Waals surface area contributed by atoms with Gasteiger partial charge in [-0.2, -0.15) is 13.2 Å². The van der Waals surface area contributed by atoms with Crippen LogP contribution in [-0.2, 0) is 4.79 Å². The molecular formula is C20H27F3N2O3. The van der Waals surface area contributed by atoms with Crippen molar-refractivity contribution in [2.45, 2.75) is 70.8 Å². The normalized spacial score (nSPS) is 29.6. The van der Waals surface area contributed by atoms with E-state index in [1.165, 1.54) is 12.3 Å². The molecule has 1 N–H and O–H groups in total. The molecule has 1 aromatic heterocycles. The number of hydrogen-bond acceptors (Lipinski definition) is 4. The quantitative estimate of drug-likeness (QED) is 0.827. The molecule has 5 nitrogen and oxygen atoms in total. The largest absolute Gasteiger partial charge is 0.465 e. The first-order valence-electron chi connectivity index (χ1n) is 9.71. The van der Waals surface area contributed by atoms with E-state index in [2.05, 4.69) is 4.98 Å². The molecular weight excluding hydrogens is 373 g/mol. The number of carbonyl (C=O) groups excluding carboxylic acids is 1. The van der Waals surface area contributed by atoms with Crippen molar-refractivity contribution >= 4 is 11.6 Å². The molecule has 2 aliphatic rings. The van der Waals surface area contributed by atoms with Crippen molar-refractivity contribution in [3.8, 4) is 5.88 Å². The van der Waals surface area contributed by atoms with E-state index >= 15 is 0 Å². The molecule has 0 bridgehead atoms. The summed E-state index contributed by atoms with van der Waals surface area (Å²) in [5.41, 5.74) is -0.617. The average Bonchev–Trinajstić information content (AvgIpc) is 2.94. The van der Waals surface area contributed by atoms with Crippen LogP contribution in [0.1, 0.15) is 52.9 Å². The topological polar surface area (TPSA) is 62.7 Å². The van der Waals surface area contributed by atoms with Crippen LogP contribution in [0.2, 0.25) is 0 Å². The third-order valence-electron chi connectivity index (χ3n) is 6.45. The van der Waals surface area contributed by atoms with Crippen molar-refractivity contribution < 1.29 is 27.8 Å². The van der Waals surface area contributed by atoms with E-state index in [9.17, 15) is 23.1 Å². The number of aliphatic hydroxyl groups is 1. The van der Waals surface area contributed by atoms with Crippen LogP contribution in [-0.4, -0.2) is 40.4 Å². The molecule has 28 heavy (non-hydrogen) atoms. The first-order chi connectivity index (χ1) is 13.0. The van der Waals surface area contributed by atoms with Gasteiger partial charge in [-0.3, -0.25) is 4.79 Å². The molecule has 0 radical (unpaired) electrons. The fraction of sp³-hybridized carbons (Fsp3) is 0.700. The second kappa shape index (κ2) is 7.21. The minimum absolute atomic E-state index is 0.0115. The number of hydrogen-bond donors (Lipinski definition) is 1. The predicted octanol–water partition coefficient (Wildman–Crippen LogP) is 4.10. The highest BCUT2D eigenvalue weighted by Crippen LogP contribution is 2.50. The molecule has 1 amide bonds. The second-order valence-electron chi connectivity index (χ2n) is 8.40. The third-order valence-corrected chi connectivity index (χ3v) is 6.45. The van der Waals surface area contributed by atoms with Crippen LogP contribution in [0.4, 0.5) is 18.9 Å². The summed E-state index contributed by atoms with van der Waals surface area (Å²) >= 11 is 0. The van der Waals surface area contributed by atoms with Gasteiger partial charge in [0.25, 0.3) is 0 Å². The van der Waals surface area contributed by atoms with Gasteiger partial charge in [-0.25, -0.2) is 4.98 Å². The summed E-state index contributed by atoms with van der Waals surface area (Å²) in [6, 6.07) is 2.92. The molecule has 1 aliphatic heterocycles. The molecule has 2 heterocycles. The minimum Gasteiger partial charge on any atom is -0.465 e. The van der Waals surface area contributed by atoms with Crippen LogP contribution < -0.4 is 9.64 Å². The number of alkyl halides is 3. The zero-order valence-corrected chi connectivity index (χ0v) is 16.4. The first-order valence-corrected chi connectivity index (χ1v) is 9.71. The van der Waals surface area contributed by atoms with Gasteiger partial charge < -0.3 is 14.7 Å². The fourth-order valence-electron chi connectivity index (χ4n) is 4.12. The number of halogens is 3. The molecule has 156 valence electrons. The summed E-state index contributed by atoms with van der Waals surface area (Å²) < 4.78 is 42.6. The molecule has 0 unspecified atom stereocenters. The van der Waals surface area contributed by atoms with Crippen molar-refractivity contribution in [3.05, 3.63) is 18.3 Å². The molecule has 1 atom stereocenters. The molecule has 1 aliphatic carbocycles. The molecule has 2 fully saturated rings. The molecule has 8 heteroatoms. The summed E-state index contributed by atoms with van der Waals surface area (Å²) in [4.78, 5) is 18.7. The Labute approximate surface area is 162 Å². The minimum atomic E-state index is -4.46. The van der Waals surface area contributed by atoms with Crippen molar-refractivity contribution in [2.24, 2.45) is 11.3 Å². The van der Waals surface area contributed by atoms with Crippen LogP contribution in [0, 0.1) is 11.3 Å². The Balaban J connectivity index is 1.67. The van der Waals surface area contributed by atoms with Crippen molar-refractivity contribution in [2.75, 3.05) is 11.4 Å². The van der Waals surface area contributed by atoms with Gasteiger partial charge in [0, 0.05) is 12.6 Å². The van der Waals surface area contributed by atoms with E-state index in [1.54, 1.807) is 11.0 Å². The van der Waals surface area contributed by atoms with E-state index in [1.807, 2.05) is 13.8 Å². The number of rotatable bonds is 4. The van der Waals surface area contributed by atoms with Crippen molar-refractivity contribution in [1.29, 1.82) is 0 Å². The highest BCUT2D eigenvalue weighted by atomic mass is 19.4. The van der Waals surface area contributed by atoms with Crippen molar-refractivity contribution in [1.82, 2.24) is 4.98 Å². The lowest BCUT2D eigenvalue weighted by atomic mass is 9.65. The SMILES string of the molecule is CC(C)C1(O)CCC2(CCN(c3ccc(O[C@H](C)C(F)(F)F)nc3)C2=O)CC1. The van der Waals surface area contributed by atoms with Crippen LogP contribution in [0.25, 0.3) is 0 Å². The summed E-state index contributed by atoms with van der Waals surface area (Å²) in [5.74, 6) is 0.0281. The van der Waals surface area contributed by atoms with Gasteiger partial charge in [-0.05, 0) is 51.0 Å². The fourth-order valence-corrected chi connectivity index (χ4v) is 4.12. The predicted molar refractivity (Wildman–Crippen MR) is 98.0 cm³/mol.